The molecule has 0 bridgehead atoms. The first-order valence-electron chi connectivity index (χ1n) is 4.98. The Morgan fingerprint density at radius 2 is 1.69 bits per heavy atom. The van der Waals surface area contributed by atoms with E-state index in [1.807, 2.05) is 30.4 Å². The van der Waals surface area contributed by atoms with Crippen molar-refractivity contribution in [3.8, 4) is 5.75 Å². The molecule has 0 unspecified atom stereocenters. The maximum atomic E-state index is 13.6. The Bertz CT molecular complexity index is 507. The fraction of sp³-hybridized carbons (Fsp3) is 0. The van der Waals surface area contributed by atoms with E-state index >= 15 is 0 Å². The molecule has 0 aromatic heterocycles. The van der Waals surface area contributed by atoms with Crippen LogP contribution in [-0.4, -0.2) is 5.11 Å². The summed E-state index contributed by atoms with van der Waals surface area (Å²) in [5.74, 6) is -0.279. The Balaban J connectivity index is 2.47. The summed E-state index contributed by atoms with van der Waals surface area (Å²) in [6, 6.07) is 4.02. The highest BCUT2D eigenvalue weighted by atomic mass is 19.1. The van der Waals surface area contributed by atoms with E-state index in [9.17, 15) is 9.50 Å². The topological polar surface area (TPSA) is 20.2 Å². The minimum Gasteiger partial charge on any atom is -0.508 e. The molecule has 0 atom stereocenters. The first-order chi connectivity index (χ1) is 7.77. The number of benzene rings is 1. The standard InChI is InChI=1S/C14H11FO/c15-14-9-8-12(16)10-13(14)11-6-4-2-1-3-5-7-11/h1-10,16H/b2-1-,3-1?,4-2?,5-3-,6-4?,7-5?,11-6?,11-7?. The van der Waals surface area contributed by atoms with Crippen molar-refractivity contribution in [2.24, 2.45) is 0 Å². The molecule has 0 fully saturated rings. The maximum Gasteiger partial charge on any atom is 0.131 e. The molecule has 0 heterocycles. The molecule has 0 spiro atoms. The van der Waals surface area contributed by atoms with Gasteiger partial charge in [0.05, 0.1) is 0 Å². The summed E-state index contributed by atoms with van der Waals surface area (Å²) in [6.45, 7) is 0. The quantitative estimate of drug-likeness (QED) is 0.757. The van der Waals surface area contributed by atoms with Gasteiger partial charge in [0, 0.05) is 5.56 Å². The van der Waals surface area contributed by atoms with Crippen LogP contribution < -0.4 is 0 Å². The van der Waals surface area contributed by atoms with Crippen LogP contribution in [0, 0.1) is 5.82 Å². The number of phenolic OH excluding ortho intramolecular Hbond substituents is 1. The lowest BCUT2D eigenvalue weighted by Crippen LogP contribution is -1.87. The Morgan fingerprint density at radius 1 is 0.938 bits per heavy atom. The summed E-state index contributed by atoms with van der Waals surface area (Å²) in [5, 5.41) is 9.34. The molecule has 0 amide bonds. The monoisotopic (exact) mass is 214 g/mol. The van der Waals surface area contributed by atoms with Gasteiger partial charge in [0.25, 0.3) is 0 Å². The van der Waals surface area contributed by atoms with E-state index in [1.54, 1.807) is 12.2 Å². The van der Waals surface area contributed by atoms with Crippen molar-refractivity contribution in [3.05, 3.63) is 72.1 Å². The van der Waals surface area contributed by atoms with Crippen molar-refractivity contribution in [2.45, 2.75) is 0 Å². The van der Waals surface area contributed by atoms with Crippen molar-refractivity contribution in [3.63, 3.8) is 0 Å². The molecule has 0 saturated heterocycles. The van der Waals surface area contributed by atoms with Crippen LogP contribution in [0.1, 0.15) is 5.56 Å². The second kappa shape index (κ2) is 4.62. The summed E-state index contributed by atoms with van der Waals surface area (Å²) in [7, 11) is 0. The summed E-state index contributed by atoms with van der Waals surface area (Å²) in [5.41, 5.74) is 1.13. The molecule has 1 N–H and O–H groups in total. The van der Waals surface area contributed by atoms with E-state index in [-0.39, 0.29) is 11.6 Å². The van der Waals surface area contributed by atoms with E-state index in [0.29, 0.717) is 5.56 Å². The van der Waals surface area contributed by atoms with Crippen LogP contribution in [0.15, 0.2) is 60.7 Å². The Morgan fingerprint density at radius 3 is 2.56 bits per heavy atom. The van der Waals surface area contributed by atoms with Gasteiger partial charge in [-0.1, -0.05) is 42.5 Å². The van der Waals surface area contributed by atoms with Crippen LogP contribution >= 0.6 is 0 Å². The zero-order valence-electron chi connectivity index (χ0n) is 8.60. The van der Waals surface area contributed by atoms with Gasteiger partial charge in [0.1, 0.15) is 11.6 Å². The molecule has 1 aliphatic rings. The van der Waals surface area contributed by atoms with Crippen molar-refractivity contribution in [1.29, 1.82) is 0 Å². The van der Waals surface area contributed by atoms with Crippen LogP contribution in [-0.2, 0) is 0 Å². The molecule has 2 rings (SSSR count). The first-order valence-corrected chi connectivity index (χ1v) is 4.98. The van der Waals surface area contributed by atoms with E-state index in [4.69, 9.17) is 0 Å². The van der Waals surface area contributed by atoms with E-state index < -0.39 is 0 Å². The molecular weight excluding hydrogens is 203 g/mol. The van der Waals surface area contributed by atoms with Crippen molar-refractivity contribution < 1.29 is 9.50 Å². The summed E-state index contributed by atoms with van der Waals surface area (Å²) < 4.78 is 13.6. The molecule has 1 aromatic carbocycles. The number of halogens is 1. The molecule has 1 aliphatic carbocycles. The number of hydrogen-bond donors (Lipinski definition) is 1. The molecule has 80 valence electrons. The third-order valence-corrected chi connectivity index (χ3v) is 2.26. The lowest BCUT2D eigenvalue weighted by atomic mass is 10.0. The molecule has 2 heteroatoms. The van der Waals surface area contributed by atoms with Crippen LogP contribution in [0.25, 0.3) is 5.57 Å². The Labute approximate surface area is 93.5 Å². The largest absolute Gasteiger partial charge is 0.508 e. The average molecular weight is 214 g/mol. The number of rotatable bonds is 1. The van der Waals surface area contributed by atoms with Gasteiger partial charge in [-0.2, -0.15) is 0 Å². The minimum absolute atomic E-state index is 0.0623. The van der Waals surface area contributed by atoms with E-state index in [0.717, 1.165) is 5.57 Å². The molecular formula is C14H11FO. The predicted octanol–water partition coefficient (Wildman–Crippen LogP) is 3.60. The van der Waals surface area contributed by atoms with Gasteiger partial charge in [-0.3, -0.25) is 0 Å². The van der Waals surface area contributed by atoms with E-state index in [2.05, 4.69) is 0 Å². The average Bonchev–Trinajstić information content (AvgIpc) is 2.22. The highest BCUT2D eigenvalue weighted by Gasteiger charge is 2.06. The zero-order valence-corrected chi connectivity index (χ0v) is 8.60. The molecule has 0 saturated carbocycles. The molecule has 0 radical (unpaired) electrons. The van der Waals surface area contributed by atoms with Crippen LogP contribution in [0.5, 0.6) is 5.75 Å². The lowest BCUT2D eigenvalue weighted by Gasteiger charge is -2.05. The minimum atomic E-state index is -0.341. The fourth-order valence-electron chi connectivity index (χ4n) is 1.48. The molecule has 1 aromatic rings. The van der Waals surface area contributed by atoms with Gasteiger partial charge < -0.3 is 5.11 Å². The number of phenols is 1. The predicted molar refractivity (Wildman–Crippen MR) is 63.5 cm³/mol. The smallest absolute Gasteiger partial charge is 0.131 e. The Kier molecular flexibility index (Phi) is 3.01. The molecule has 16 heavy (non-hydrogen) atoms. The van der Waals surface area contributed by atoms with Crippen LogP contribution in [0.4, 0.5) is 4.39 Å². The molecule has 0 aliphatic heterocycles. The summed E-state index contributed by atoms with van der Waals surface area (Å²) in [4.78, 5) is 0. The van der Waals surface area contributed by atoms with Gasteiger partial charge in [-0.25, -0.2) is 4.39 Å². The van der Waals surface area contributed by atoms with Crippen molar-refractivity contribution in [2.75, 3.05) is 0 Å². The van der Waals surface area contributed by atoms with Crippen molar-refractivity contribution >= 4 is 5.57 Å². The van der Waals surface area contributed by atoms with Gasteiger partial charge in [-0.05, 0) is 23.8 Å². The fourth-order valence-corrected chi connectivity index (χ4v) is 1.48. The van der Waals surface area contributed by atoms with Crippen LogP contribution in [0.2, 0.25) is 0 Å². The maximum absolute atomic E-state index is 13.6. The van der Waals surface area contributed by atoms with Gasteiger partial charge in [0.15, 0.2) is 0 Å². The second-order valence-electron chi connectivity index (χ2n) is 3.42. The number of allylic oxidation sites excluding steroid dienone is 8. The van der Waals surface area contributed by atoms with Crippen molar-refractivity contribution in [1.82, 2.24) is 0 Å². The van der Waals surface area contributed by atoms with Gasteiger partial charge in [0.2, 0.25) is 0 Å². The van der Waals surface area contributed by atoms with Crippen LogP contribution in [0.3, 0.4) is 0 Å². The highest BCUT2D eigenvalue weighted by molar-refractivity contribution is 5.76. The van der Waals surface area contributed by atoms with Gasteiger partial charge in [-0.15, -0.1) is 0 Å². The molecule has 1 nitrogen and oxygen atoms in total. The van der Waals surface area contributed by atoms with Gasteiger partial charge >= 0.3 is 0 Å². The third-order valence-electron chi connectivity index (χ3n) is 2.26. The first kappa shape index (κ1) is 10.4. The second-order valence-corrected chi connectivity index (χ2v) is 3.42. The highest BCUT2D eigenvalue weighted by Crippen LogP contribution is 2.24. The SMILES string of the molecule is Oc1ccc(F)c(C2=C/C=C\C=C/C=C2)c1. The third kappa shape index (κ3) is 2.28. The van der Waals surface area contributed by atoms with E-state index in [1.165, 1.54) is 18.2 Å². The lowest BCUT2D eigenvalue weighted by molar-refractivity contribution is 0.472. The zero-order chi connectivity index (χ0) is 11.4. The summed E-state index contributed by atoms with van der Waals surface area (Å²) >= 11 is 0. The number of hydrogen-bond acceptors (Lipinski definition) is 1. The summed E-state index contributed by atoms with van der Waals surface area (Å²) in [6.07, 6.45) is 12.9. The number of aromatic hydroxyl groups is 1. The normalized spacial score (nSPS) is 18.4. The Hall–Kier alpha value is -2.09.